The van der Waals surface area contributed by atoms with Gasteiger partial charge in [0.1, 0.15) is 5.75 Å². The zero-order valence-electron chi connectivity index (χ0n) is 15.7. The van der Waals surface area contributed by atoms with Crippen molar-refractivity contribution in [1.82, 2.24) is 5.32 Å². The lowest BCUT2D eigenvalue weighted by atomic mass is 10.1. The van der Waals surface area contributed by atoms with Crippen LogP contribution in [0.4, 0.5) is 5.69 Å². The van der Waals surface area contributed by atoms with E-state index in [-0.39, 0.29) is 17.3 Å². The highest BCUT2D eigenvalue weighted by molar-refractivity contribution is 7.92. The van der Waals surface area contributed by atoms with Gasteiger partial charge < -0.3 is 10.1 Å². The van der Waals surface area contributed by atoms with E-state index in [1.807, 2.05) is 20.8 Å². The van der Waals surface area contributed by atoms with Gasteiger partial charge in [0, 0.05) is 6.54 Å². The summed E-state index contributed by atoms with van der Waals surface area (Å²) in [6.45, 7) is 6.21. The minimum Gasteiger partial charge on any atom is -0.476 e. The van der Waals surface area contributed by atoms with E-state index < -0.39 is 16.1 Å². The van der Waals surface area contributed by atoms with Crippen molar-refractivity contribution in [1.29, 1.82) is 0 Å². The minimum absolute atomic E-state index is 0.0676. The Morgan fingerprint density at radius 2 is 1.93 bits per heavy atom. The first-order chi connectivity index (χ1) is 12.8. The number of hydrogen-bond donors (Lipinski definition) is 1. The van der Waals surface area contributed by atoms with Gasteiger partial charge in [0.15, 0.2) is 6.10 Å². The molecule has 144 valence electrons. The second-order valence-electron chi connectivity index (χ2n) is 6.65. The molecule has 7 heteroatoms. The van der Waals surface area contributed by atoms with Gasteiger partial charge in [-0.3, -0.25) is 9.10 Å². The first kappa shape index (κ1) is 19.2. The maximum Gasteiger partial charge on any atom is 0.264 e. The van der Waals surface area contributed by atoms with E-state index in [4.69, 9.17) is 4.74 Å². The molecule has 0 unspecified atom stereocenters. The summed E-state index contributed by atoms with van der Waals surface area (Å²) < 4.78 is 33.7. The third-order valence-corrected chi connectivity index (χ3v) is 6.42. The van der Waals surface area contributed by atoms with Gasteiger partial charge in [-0.25, -0.2) is 8.42 Å². The number of anilines is 1. The van der Waals surface area contributed by atoms with E-state index in [1.54, 1.807) is 42.5 Å². The topological polar surface area (TPSA) is 75.7 Å². The van der Waals surface area contributed by atoms with Crippen LogP contribution in [0.2, 0.25) is 0 Å². The lowest BCUT2D eigenvalue weighted by Gasteiger charge is -2.34. The monoisotopic (exact) mass is 388 g/mol. The summed E-state index contributed by atoms with van der Waals surface area (Å²) in [6.07, 6.45) is -0.104. The molecular formula is C20H24N2O4S. The molecule has 27 heavy (non-hydrogen) atoms. The molecule has 0 spiro atoms. The number of hydrogen-bond acceptors (Lipinski definition) is 4. The van der Waals surface area contributed by atoms with E-state index >= 15 is 0 Å². The number of para-hydroxylation sites is 2. The summed E-state index contributed by atoms with van der Waals surface area (Å²) >= 11 is 0. The van der Waals surface area contributed by atoms with Crippen molar-refractivity contribution in [3.63, 3.8) is 0 Å². The van der Waals surface area contributed by atoms with Crippen molar-refractivity contribution in [2.45, 2.75) is 38.2 Å². The number of amides is 1. The van der Waals surface area contributed by atoms with E-state index in [1.165, 1.54) is 4.31 Å². The second kappa shape index (κ2) is 7.60. The van der Waals surface area contributed by atoms with Crippen LogP contribution in [-0.2, 0) is 14.8 Å². The molecule has 0 aromatic heterocycles. The number of sulfonamides is 1. The molecule has 2 aromatic rings. The minimum atomic E-state index is -3.83. The normalized spacial score (nSPS) is 16.4. The highest BCUT2D eigenvalue weighted by Gasteiger charge is 2.37. The van der Waals surface area contributed by atoms with Crippen molar-refractivity contribution >= 4 is 21.6 Å². The van der Waals surface area contributed by atoms with Gasteiger partial charge in [-0.15, -0.1) is 0 Å². The van der Waals surface area contributed by atoms with Crippen molar-refractivity contribution in [3.05, 3.63) is 53.6 Å². The first-order valence-corrected chi connectivity index (χ1v) is 10.4. The number of fused-ring (bicyclic) bond motifs is 1. The SMILES string of the molecule is CCCNC(=O)[C@@H]1CN(S(=O)(=O)c2ccc(C)c(C)c2)c2ccccc2O1. The first-order valence-electron chi connectivity index (χ1n) is 8.98. The van der Waals surface area contributed by atoms with Crippen LogP contribution in [-0.4, -0.2) is 33.5 Å². The Morgan fingerprint density at radius 1 is 1.19 bits per heavy atom. The standard InChI is InChI=1S/C20H24N2O4S/c1-4-11-21-20(23)19-13-22(17-7-5-6-8-18(17)26-19)27(24,25)16-10-9-14(2)15(3)12-16/h5-10,12,19H,4,11,13H2,1-3H3,(H,21,23)/t19-/m0/s1. The number of ether oxygens (including phenoxy) is 1. The number of carbonyl (C=O) groups is 1. The highest BCUT2D eigenvalue weighted by atomic mass is 32.2. The lowest BCUT2D eigenvalue weighted by Crippen LogP contribution is -2.50. The molecule has 1 N–H and O–H groups in total. The van der Waals surface area contributed by atoms with Crippen LogP contribution in [0.15, 0.2) is 47.4 Å². The smallest absolute Gasteiger partial charge is 0.264 e. The van der Waals surface area contributed by atoms with Crippen LogP contribution in [0.5, 0.6) is 5.75 Å². The fourth-order valence-electron chi connectivity index (χ4n) is 2.93. The molecule has 1 aliphatic rings. The van der Waals surface area contributed by atoms with Crippen LogP contribution < -0.4 is 14.4 Å². The Balaban J connectivity index is 2.01. The number of aryl methyl sites for hydroxylation is 2. The van der Waals surface area contributed by atoms with Crippen LogP contribution in [0, 0.1) is 13.8 Å². The van der Waals surface area contributed by atoms with Gasteiger partial charge >= 0.3 is 0 Å². The van der Waals surface area contributed by atoms with Gasteiger partial charge in [-0.1, -0.05) is 25.1 Å². The van der Waals surface area contributed by atoms with Gasteiger partial charge in [-0.2, -0.15) is 0 Å². The highest BCUT2D eigenvalue weighted by Crippen LogP contribution is 2.37. The zero-order chi connectivity index (χ0) is 19.6. The Hall–Kier alpha value is -2.54. The molecule has 0 bridgehead atoms. The predicted molar refractivity (Wildman–Crippen MR) is 105 cm³/mol. The molecular weight excluding hydrogens is 364 g/mol. The van der Waals surface area contributed by atoms with Gasteiger partial charge in [-0.05, 0) is 55.7 Å². The van der Waals surface area contributed by atoms with Crippen LogP contribution in [0.1, 0.15) is 24.5 Å². The third-order valence-electron chi connectivity index (χ3n) is 4.64. The fraction of sp³-hybridized carbons (Fsp3) is 0.350. The molecule has 0 fully saturated rings. The van der Waals surface area contributed by atoms with Crippen LogP contribution >= 0.6 is 0 Å². The van der Waals surface area contributed by atoms with Gasteiger partial charge in [0.25, 0.3) is 15.9 Å². The summed E-state index contributed by atoms with van der Waals surface area (Å²) in [4.78, 5) is 12.6. The summed E-state index contributed by atoms with van der Waals surface area (Å²) in [6, 6.07) is 11.9. The van der Waals surface area contributed by atoms with E-state index in [9.17, 15) is 13.2 Å². The second-order valence-corrected chi connectivity index (χ2v) is 8.51. The lowest BCUT2D eigenvalue weighted by molar-refractivity contribution is -0.127. The van der Waals surface area contributed by atoms with Crippen LogP contribution in [0.25, 0.3) is 0 Å². The Morgan fingerprint density at radius 3 is 2.63 bits per heavy atom. The number of rotatable bonds is 5. The fourth-order valence-corrected chi connectivity index (χ4v) is 4.49. The number of benzene rings is 2. The molecule has 6 nitrogen and oxygen atoms in total. The van der Waals surface area contributed by atoms with E-state index in [0.29, 0.717) is 18.0 Å². The molecule has 1 heterocycles. The average molecular weight is 388 g/mol. The number of nitrogens with zero attached hydrogens (tertiary/aromatic N) is 1. The summed E-state index contributed by atoms with van der Waals surface area (Å²) in [5, 5.41) is 2.78. The Bertz CT molecular complexity index is 956. The average Bonchev–Trinajstić information content (AvgIpc) is 2.67. The third kappa shape index (κ3) is 3.78. The van der Waals surface area contributed by atoms with Gasteiger partial charge in [0.05, 0.1) is 17.1 Å². The molecule has 0 aliphatic carbocycles. The molecule has 0 radical (unpaired) electrons. The van der Waals surface area contributed by atoms with Crippen molar-refractivity contribution in [3.8, 4) is 5.75 Å². The molecule has 1 atom stereocenters. The molecule has 3 rings (SSSR count). The van der Waals surface area contributed by atoms with Crippen molar-refractivity contribution < 1.29 is 17.9 Å². The molecule has 0 saturated carbocycles. The van der Waals surface area contributed by atoms with Crippen molar-refractivity contribution in [2.24, 2.45) is 0 Å². The van der Waals surface area contributed by atoms with Gasteiger partial charge in [0.2, 0.25) is 0 Å². The maximum atomic E-state index is 13.3. The Kier molecular flexibility index (Phi) is 5.41. The molecule has 1 aliphatic heterocycles. The number of nitrogens with one attached hydrogen (secondary N) is 1. The zero-order valence-corrected chi connectivity index (χ0v) is 16.5. The Labute approximate surface area is 160 Å². The molecule has 1 amide bonds. The number of carbonyl (C=O) groups excluding carboxylic acids is 1. The van der Waals surface area contributed by atoms with Crippen LogP contribution in [0.3, 0.4) is 0 Å². The summed E-state index contributed by atoms with van der Waals surface area (Å²) in [5.74, 6) is 0.0689. The van der Waals surface area contributed by atoms with Crippen molar-refractivity contribution in [2.75, 3.05) is 17.4 Å². The summed E-state index contributed by atoms with van der Waals surface area (Å²) in [5.41, 5.74) is 2.36. The predicted octanol–water partition coefficient (Wildman–Crippen LogP) is 2.79. The quantitative estimate of drug-likeness (QED) is 0.855. The van der Waals surface area contributed by atoms with E-state index in [2.05, 4.69) is 5.32 Å². The molecule has 0 saturated heterocycles. The maximum absolute atomic E-state index is 13.3. The van der Waals surface area contributed by atoms with E-state index in [0.717, 1.165) is 17.5 Å². The summed E-state index contributed by atoms with van der Waals surface area (Å²) in [7, 11) is -3.83. The largest absolute Gasteiger partial charge is 0.476 e. The molecule has 2 aromatic carbocycles.